The van der Waals surface area contributed by atoms with Gasteiger partial charge in [-0.25, -0.2) is 4.98 Å². The summed E-state index contributed by atoms with van der Waals surface area (Å²) in [6, 6.07) is 14.3. The van der Waals surface area contributed by atoms with Crippen LogP contribution >= 0.6 is 12.2 Å². The summed E-state index contributed by atoms with van der Waals surface area (Å²) >= 11 is 5.36. The first-order valence-corrected chi connectivity index (χ1v) is 9.31. The van der Waals surface area contributed by atoms with Gasteiger partial charge in [0, 0.05) is 19.6 Å². The van der Waals surface area contributed by atoms with E-state index in [9.17, 15) is 0 Å². The smallest absolute Gasteiger partial charge is 0.171 e. The van der Waals surface area contributed by atoms with Gasteiger partial charge >= 0.3 is 0 Å². The van der Waals surface area contributed by atoms with Crippen LogP contribution in [0, 0.1) is 11.8 Å². The van der Waals surface area contributed by atoms with E-state index in [0.29, 0.717) is 11.7 Å². The fourth-order valence-corrected chi connectivity index (χ4v) is 3.64. The second kappa shape index (κ2) is 8.30. The summed E-state index contributed by atoms with van der Waals surface area (Å²) in [4.78, 5) is 7.00. The third kappa shape index (κ3) is 5.16. The Morgan fingerprint density at radius 1 is 1.12 bits per heavy atom. The molecule has 2 heterocycles. The molecule has 0 spiro atoms. The lowest BCUT2D eigenvalue weighted by Crippen LogP contribution is -2.39. The summed E-state index contributed by atoms with van der Waals surface area (Å²) in [7, 11) is 0. The summed E-state index contributed by atoms with van der Waals surface area (Å²) in [5.74, 6) is 2.49. The molecule has 5 heteroatoms. The molecule has 0 saturated carbocycles. The Morgan fingerprint density at radius 2 is 1.84 bits per heavy atom. The molecule has 1 aliphatic heterocycles. The van der Waals surface area contributed by atoms with Gasteiger partial charge in [0.15, 0.2) is 5.11 Å². The van der Waals surface area contributed by atoms with Gasteiger partial charge in [0.1, 0.15) is 5.82 Å². The van der Waals surface area contributed by atoms with Gasteiger partial charge in [-0.3, -0.25) is 0 Å². The SMILES string of the molecule is C[C@H]1C[C@H](C)CN(c2ccc(NC(=S)NCc3ccccc3)cn2)C1. The number of thiocarbonyl (C=S) groups is 1. The zero-order chi connectivity index (χ0) is 17.6. The van der Waals surface area contributed by atoms with Crippen LogP contribution in [0.4, 0.5) is 11.5 Å². The van der Waals surface area contributed by atoms with E-state index in [0.717, 1.165) is 36.4 Å². The standard InChI is InChI=1S/C20H26N4S/c1-15-10-16(2)14-24(13-15)19-9-8-18(12-21-19)23-20(25)22-11-17-6-4-3-5-7-17/h3-9,12,15-16H,10-11,13-14H2,1-2H3,(H2,22,23,25)/t15-,16-/m0/s1. The van der Waals surface area contributed by atoms with E-state index < -0.39 is 0 Å². The number of rotatable bonds is 4. The number of piperidine rings is 1. The molecule has 2 atom stereocenters. The van der Waals surface area contributed by atoms with Crippen LogP contribution in [0.3, 0.4) is 0 Å². The fraction of sp³-hybridized carbons (Fsp3) is 0.400. The molecule has 3 rings (SSSR count). The monoisotopic (exact) mass is 354 g/mol. The maximum Gasteiger partial charge on any atom is 0.171 e. The van der Waals surface area contributed by atoms with Gasteiger partial charge in [-0.15, -0.1) is 0 Å². The van der Waals surface area contributed by atoms with E-state index in [2.05, 4.69) is 52.6 Å². The lowest BCUT2D eigenvalue weighted by molar-refractivity contribution is 0.355. The van der Waals surface area contributed by atoms with Crippen LogP contribution in [0.5, 0.6) is 0 Å². The Kier molecular flexibility index (Phi) is 5.87. The van der Waals surface area contributed by atoms with Crippen LogP contribution in [0.25, 0.3) is 0 Å². The summed E-state index contributed by atoms with van der Waals surface area (Å²) in [5.41, 5.74) is 2.11. The fourth-order valence-electron chi connectivity index (χ4n) is 3.45. The van der Waals surface area contributed by atoms with Crippen molar-refractivity contribution in [1.29, 1.82) is 0 Å². The average Bonchev–Trinajstić information content (AvgIpc) is 2.61. The molecule has 0 aliphatic carbocycles. The minimum absolute atomic E-state index is 0.610. The van der Waals surface area contributed by atoms with E-state index in [4.69, 9.17) is 12.2 Å². The van der Waals surface area contributed by atoms with Gasteiger partial charge in [0.2, 0.25) is 0 Å². The number of hydrogen-bond donors (Lipinski definition) is 2. The van der Waals surface area contributed by atoms with E-state index in [1.807, 2.05) is 30.5 Å². The van der Waals surface area contributed by atoms with Gasteiger partial charge in [0.05, 0.1) is 11.9 Å². The van der Waals surface area contributed by atoms with Crippen LogP contribution in [-0.4, -0.2) is 23.2 Å². The maximum atomic E-state index is 5.36. The number of nitrogens with zero attached hydrogens (tertiary/aromatic N) is 2. The Bertz CT molecular complexity index is 677. The van der Waals surface area contributed by atoms with Crippen LogP contribution < -0.4 is 15.5 Å². The highest BCUT2D eigenvalue weighted by Crippen LogP contribution is 2.25. The largest absolute Gasteiger partial charge is 0.358 e. The molecule has 2 N–H and O–H groups in total. The van der Waals surface area contributed by atoms with E-state index in [1.54, 1.807) is 0 Å². The van der Waals surface area contributed by atoms with Gasteiger partial charge in [0.25, 0.3) is 0 Å². The van der Waals surface area contributed by atoms with Crippen LogP contribution in [0.2, 0.25) is 0 Å². The van der Waals surface area contributed by atoms with Crippen molar-refractivity contribution in [2.24, 2.45) is 11.8 Å². The molecule has 1 saturated heterocycles. The molecule has 1 aromatic carbocycles. The van der Waals surface area contributed by atoms with Crippen molar-refractivity contribution in [2.75, 3.05) is 23.3 Å². The third-order valence-corrected chi connectivity index (χ3v) is 4.74. The number of aromatic nitrogens is 1. The summed E-state index contributed by atoms with van der Waals surface area (Å²) in [6.45, 7) is 7.51. The Labute approximate surface area is 155 Å². The normalized spacial score (nSPS) is 20.2. The minimum Gasteiger partial charge on any atom is -0.358 e. The maximum absolute atomic E-state index is 5.36. The first-order valence-electron chi connectivity index (χ1n) is 8.90. The Morgan fingerprint density at radius 3 is 2.48 bits per heavy atom. The summed E-state index contributed by atoms with van der Waals surface area (Å²) < 4.78 is 0. The molecular formula is C20H26N4S. The van der Waals surface area contributed by atoms with Crippen molar-refractivity contribution in [1.82, 2.24) is 10.3 Å². The topological polar surface area (TPSA) is 40.2 Å². The molecule has 1 aliphatic rings. The molecule has 25 heavy (non-hydrogen) atoms. The molecule has 4 nitrogen and oxygen atoms in total. The molecule has 1 aromatic heterocycles. The first-order chi connectivity index (χ1) is 12.1. The number of hydrogen-bond acceptors (Lipinski definition) is 3. The van der Waals surface area contributed by atoms with Crippen LogP contribution in [0.15, 0.2) is 48.7 Å². The van der Waals surface area contributed by atoms with E-state index >= 15 is 0 Å². The molecule has 0 amide bonds. The molecule has 0 unspecified atom stereocenters. The highest BCUT2D eigenvalue weighted by atomic mass is 32.1. The summed E-state index contributed by atoms with van der Waals surface area (Å²) in [5, 5.41) is 7.03. The first kappa shape index (κ1) is 17.7. The molecule has 1 fully saturated rings. The van der Waals surface area contributed by atoms with Crippen molar-refractivity contribution in [3.63, 3.8) is 0 Å². The Hall–Kier alpha value is -2.14. The number of benzene rings is 1. The van der Waals surface area contributed by atoms with Crippen molar-refractivity contribution in [3.8, 4) is 0 Å². The summed E-state index contributed by atoms with van der Waals surface area (Å²) in [6.07, 6.45) is 3.16. The third-order valence-electron chi connectivity index (χ3n) is 4.49. The lowest BCUT2D eigenvalue weighted by atomic mass is 9.92. The molecular weight excluding hydrogens is 328 g/mol. The van der Waals surface area contributed by atoms with Crippen LogP contribution in [-0.2, 0) is 6.54 Å². The number of nitrogens with one attached hydrogen (secondary N) is 2. The highest BCUT2D eigenvalue weighted by molar-refractivity contribution is 7.80. The van der Waals surface area contributed by atoms with Crippen molar-refractivity contribution in [3.05, 3.63) is 54.2 Å². The number of pyridine rings is 1. The van der Waals surface area contributed by atoms with E-state index in [1.165, 1.54) is 12.0 Å². The zero-order valence-electron chi connectivity index (χ0n) is 14.9. The van der Waals surface area contributed by atoms with Crippen molar-refractivity contribution >= 4 is 28.8 Å². The van der Waals surface area contributed by atoms with Gasteiger partial charge < -0.3 is 15.5 Å². The average molecular weight is 355 g/mol. The van der Waals surface area contributed by atoms with Gasteiger partial charge in [-0.05, 0) is 48.2 Å². The van der Waals surface area contributed by atoms with Gasteiger partial charge in [-0.1, -0.05) is 44.2 Å². The van der Waals surface area contributed by atoms with Crippen LogP contribution in [0.1, 0.15) is 25.8 Å². The quantitative estimate of drug-likeness (QED) is 0.811. The van der Waals surface area contributed by atoms with Crippen molar-refractivity contribution < 1.29 is 0 Å². The lowest BCUT2D eigenvalue weighted by Gasteiger charge is -2.35. The zero-order valence-corrected chi connectivity index (χ0v) is 15.7. The second-order valence-electron chi connectivity index (χ2n) is 7.05. The predicted octanol–water partition coefficient (Wildman–Crippen LogP) is 4.05. The Balaban J connectivity index is 1.52. The predicted molar refractivity (Wildman–Crippen MR) is 109 cm³/mol. The molecule has 2 aromatic rings. The minimum atomic E-state index is 0.610. The van der Waals surface area contributed by atoms with E-state index in [-0.39, 0.29) is 0 Å². The second-order valence-corrected chi connectivity index (χ2v) is 7.46. The van der Waals surface area contributed by atoms with Crippen molar-refractivity contribution in [2.45, 2.75) is 26.8 Å². The highest BCUT2D eigenvalue weighted by Gasteiger charge is 2.22. The molecule has 0 bridgehead atoms. The van der Waals surface area contributed by atoms with Gasteiger partial charge in [-0.2, -0.15) is 0 Å². The molecule has 0 radical (unpaired) electrons. The number of anilines is 2. The molecule has 132 valence electrons.